The molecule has 2 rings (SSSR count). The fraction of sp³-hybridized carbons (Fsp3) is 0.353. The van der Waals surface area contributed by atoms with Gasteiger partial charge in [0.2, 0.25) is 0 Å². The van der Waals surface area contributed by atoms with Gasteiger partial charge in [-0.05, 0) is 49.3 Å². The summed E-state index contributed by atoms with van der Waals surface area (Å²) in [7, 11) is 0. The van der Waals surface area contributed by atoms with Gasteiger partial charge in [-0.2, -0.15) is 0 Å². The van der Waals surface area contributed by atoms with E-state index in [4.69, 9.17) is 11.6 Å². The lowest BCUT2D eigenvalue weighted by Gasteiger charge is -1.98. The van der Waals surface area contributed by atoms with E-state index in [9.17, 15) is 0 Å². The van der Waals surface area contributed by atoms with Crippen LogP contribution in [-0.4, -0.2) is 12.2 Å². The molecule has 4 heteroatoms. The minimum Gasteiger partial charge on any atom is -0.277 e. The van der Waals surface area contributed by atoms with Crippen LogP contribution in [0.25, 0.3) is 15.3 Å². The average Bonchev–Trinajstić information content (AvgIpc) is 3.15. The zero-order valence-electron chi connectivity index (χ0n) is 13.0. The number of nitrogens with zero attached hydrogens (tertiary/aromatic N) is 1. The molecule has 0 fully saturated rings. The van der Waals surface area contributed by atoms with E-state index in [0.717, 1.165) is 6.42 Å². The van der Waals surface area contributed by atoms with E-state index in [1.54, 1.807) is 6.21 Å². The van der Waals surface area contributed by atoms with Crippen LogP contribution in [0.2, 0.25) is 0 Å². The summed E-state index contributed by atoms with van der Waals surface area (Å²) in [5, 5.41) is 0. The SMILES string of the molecule is CC.CC/C(=C\C=N/CCl)c1ccc(-c2ccc(C)s2)s1. The first-order valence-corrected chi connectivity index (χ1v) is 9.33. The highest BCUT2D eigenvalue weighted by molar-refractivity contribution is 7.22. The molecule has 0 spiro atoms. The fourth-order valence-electron chi connectivity index (χ4n) is 1.77. The van der Waals surface area contributed by atoms with Crippen molar-refractivity contribution in [2.75, 3.05) is 6.00 Å². The maximum Gasteiger partial charge on any atom is 0.113 e. The second-order valence-electron chi connectivity index (χ2n) is 4.07. The lowest BCUT2D eigenvalue weighted by atomic mass is 10.1. The molecule has 2 heterocycles. The van der Waals surface area contributed by atoms with Crippen molar-refractivity contribution in [2.24, 2.45) is 4.99 Å². The van der Waals surface area contributed by atoms with Crippen molar-refractivity contribution in [3.8, 4) is 9.75 Å². The average molecular weight is 340 g/mol. The third kappa shape index (κ3) is 5.42. The van der Waals surface area contributed by atoms with Gasteiger partial charge in [-0.1, -0.05) is 20.8 Å². The minimum absolute atomic E-state index is 0.317. The summed E-state index contributed by atoms with van der Waals surface area (Å²) in [6.45, 7) is 8.30. The number of allylic oxidation sites excluding steroid dienone is 2. The molecule has 0 aromatic carbocycles. The van der Waals surface area contributed by atoms with Crippen LogP contribution < -0.4 is 0 Å². The minimum atomic E-state index is 0.317. The molecule has 0 aliphatic heterocycles. The molecule has 0 unspecified atom stereocenters. The molecule has 0 N–H and O–H groups in total. The number of hydrogen-bond acceptors (Lipinski definition) is 3. The van der Waals surface area contributed by atoms with Gasteiger partial charge in [0.25, 0.3) is 0 Å². The largest absolute Gasteiger partial charge is 0.277 e. The molecule has 2 aromatic heterocycles. The molecule has 0 radical (unpaired) electrons. The zero-order chi connectivity index (χ0) is 15.7. The Balaban J connectivity index is 0.00000106. The quantitative estimate of drug-likeness (QED) is 0.320. The molecular weight excluding hydrogens is 318 g/mol. The van der Waals surface area contributed by atoms with Crippen molar-refractivity contribution < 1.29 is 0 Å². The van der Waals surface area contributed by atoms with Crippen LogP contribution in [0, 0.1) is 6.92 Å². The molecule has 2 aromatic rings. The maximum absolute atomic E-state index is 5.54. The first kappa shape index (κ1) is 18.1. The van der Waals surface area contributed by atoms with Crippen molar-refractivity contribution in [3.63, 3.8) is 0 Å². The topological polar surface area (TPSA) is 12.4 Å². The molecule has 0 saturated carbocycles. The van der Waals surface area contributed by atoms with Crippen molar-refractivity contribution >= 4 is 46.1 Å². The maximum atomic E-state index is 5.54. The van der Waals surface area contributed by atoms with E-state index in [1.165, 1.54) is 25.1 Å². The van der Waals surface area contributed by atoms with Crippen molar-refractivity contribution in [3.05, 3.63) is 40.1 Å². The summed E-state index contributed by atoms with van der Waals surface area (Å²) in [4.78, 5) is 9.37. The number of aliphatic imine (C=N–C) groups is 1. The number of aryl methyl sites for hydroxylation is 1. The van der Waals surface area contributed by atoms with E-state index < -0.39 is 0 Å². The number of halogens is 1. The van der Waals surface area contributed by atoms with Crippen molar-refractivity contribution in [2.45, 2.75) is 34.1 Å². The van der Waals surface area contributed by atoms with E-state index in [-0.39, 0.29) is 0 Å². The van der Waals surface area contributed by atoms with E-state index in [0.29, 0.717) is 6.00 Å². The predicted molar refractivity (Wildman–Crippen MR) is 101 cm³/mol. The standard InChI is InChI=1S/C15H16ClNS2.C2H6/c1-3-12(8-9-17-10-16)13-6-7-15(19-13)14-5-4-11(2)18-14;1-2/h4-9H,3,10H2,1-2H3;1-2H3/b12-8+,17-9-;. The second kappa shape index (κ2) is 9.93. The first-order valence-electron chi connectivity index (χ1n) is 7.16. The molecule has 0 bridgehead atoms. The smallest absolute Gasteiger partial charge is 0.113 e. The van der Waals surface area contributed by atoms with Gasteiger partial charge < -0.3 is 0 Å². The van der Waals surface area contributed by atoms with Crippen LogP contribution in [-0.2, 0) is 0 Å². The molecule has 0 amide bonds. The van der Waals surface area contributed by atoms with Crippen LogP contribution in [0.1, 0.15) is 36.9 Å². The number of hydrogen-bond donors (Lipinski definition) is 0. The van der Waals surface area contributed by atoms with Gasteiger partial charge in [0.05, 0.1) is 0 Å². The fourth-order valence-corrected chi connectivity index (χ4v) is 3.91. The Kier molecular flexibility index (Phi) is 8.58. The molecule has 0 aliphatic carbocycles. The number of rotatable bonds is 5. The molecule has 21 heavy (non-hydrogen) atoms. The Labute approximate surface area is 141 Å². The van der Waals surface area contributed by atoms with Gasteiger partial charge in [-0.15, -0.1) is 34.3 Å². The predicted octanol–water partition coefficient (Wildman–Crippen LogP) is 6.87. The molecular formula is C17H22ClNS2. The van der Waals surface area contributed by atoms with Crippen LogP contribution in [0.15, 0.2) is 35.3 Å². The van der Waals surface area contributed by atoms with E-state index in [1.807, 2.05) is 36.5 Å². The normalized spacial score (nSPS) is 11.6. The summed E-state index contributed by atoms with van der Waals surface area (Å²) in [6.07, 6.45) is 4.84. The highest BCUT2D eigenvalue weighted by Gasteiger charge is 2.07. The summed E-state index contributed by atoms with van der Waals surface area (Å²) in [6, 6.07) is 9.08. The molecule has 0 saturated heterocycles. The number of alkyl halides is 1. The van der Waals surface area contributed by atoms with Gasteiger partial charge in [0.1, 0.15) is 6.00 Å². The van der Waals surface area contributed by atoms with Crippen molar-refractivity contribution in [1.29, 1.82) is 0 Å². The monoisotopic (exact) mass is 339 g/mol. The third-order valence-corrected chi connectivity index (χ3v) is 5.23. The third-order valence-electron chi connectivity index (χ3n) is 2.74. The van der Waals surface area contributed by atoms with Crippen LogP contribution in [0.4, 0.5) is 0 Å². The van der Waals surface area contributed by atoms with Crippen molar-refractivity contribution in [1.82, 2.24) is 0 Å². The van der Waals surface area contributed by atoms with Gasteiger partial charge in [-0.25, -0.2) is 0 Å². The van der Waals surface area contributed by atoms with Crippen LogP contribution in [0.3, 0.4) is 0 Å². The molecule has 1 nitrogen and oxygen atoms in total. The highest BCUT2D eigenvalue weighted by Crippen LogP contribution is 2.36. The summed E-state index contributed by atoms with van der Waals surface area (Å²) in [5.41, 5.74) is 1.30. The highest BCUT2D eigenvalue weighted by atomic mass is 35.5. The number of thiophene rings is 2. The van der Waals surface area contributed by atoms with Crippen LogP contribution >= 0.6 is 34.3 Å². The van der Waals surface area contributed by atoms with E-state index >= 15 is 0 Å². The van der Waals surface area contributed by atoms with Gasteiger partial charge in [0.15, 0.2) is 0 Å². The zero-order valence-corrected chi connectivity index (χ0v) is 15.4. The summed E-state index contributed by atoms with van der Waals surface area (Å²) < 4.78 is 0. The Morgan fingerprint density at radius 1 is 1.14 bits per heavy atom. The molecule has 114 valence electrons. The Morgan fingerprint density at radius 2 is 1.81 bits per heavy atom. The first-order chi connectivity index (χ1) is 10.2. The Bertz CT molecular complexity index is 593. The van der Waals surface area contributed by atoms with Crippen LogP contribution in [0.5, 0.6) is 0 Å². The lowest BCUT2D eigenvalue weighted by molar-refractivity contribution is 1.25. The van der Waals surface area contributed by atoms with Gasteiger partial charge in [-0.3, -0.25) is 4.99 Å². The van der Waals surface area contributed by atoms with E-state index in [2.05, 4.69) is 49.2 Å². The Hall–Kier alpha value is -0.900. The van der Waals surface area contributed by atoms with Gasteiger partial charge >= 0.3 is 0 Å². The summed E-state index contributed by atoms with van der Waals surface area (Å²) >= 11 is 9.22. The molecule has 0 aliphatic rings. The Morgan fingerprint density at radius 3 is 2.38 bits per heavy atom. The molecule has 0 atom stereocenters. The summed E-state index contributed by atoms with van der Waals surface area (Å²) in [5.74, 6) is 0. The second-order valence-corrected chi connectivity index (χ2v) is 6.68. The lowest BCUT2D eigenvalue weighted by Crippen LogP contribution is -1.78. The van der Waals surface area contributed by atoms with Gasteiger partial charge in [0, 0.05) is 25.7 Å².